The van der Waals surface area contributed by atoms with Crippen molar-refractivity contribution < 1.29 is 26.3 Å². The Hall–Kier alpha value is -3.91. The number of hydrogen-bond acceptors (Lipinski definition) is 8. The second-order valence-electron chi connectivity index (χ2n) is 10.6. The first-order valence-electron chi connectivity index (χ1n) is 14.2. The first kappa shape index (κ1) is 30.5. The number of nitrogens with one attached hydrogen (secondary N) is 3. The van der Waals surface area contributed by atoms with Crippen LogP contribution in [0.1, 0.15) is 32.1 Å². The molecule has 0 saturated heterocycles. The van der Waals surface area contributed by atoms with E-state index in [4.69, 9.17) is 9.97 Å². The van der Waals surface area contributed by atoms with Gasteiger partial charge in [0.1, 0.15) is 11.6 Å². The average Bonchev–Trinajstić information content (AvgIpc) is 3.51. The molecule has 10 nitrogen and oxygen atoms in total. The lowest BCUT2D eigenvalue weighted by Gasteiger charge is -2.28. The molecule has 1 aliphatic carbocycles. The number of hydrogen-bond donors (Lipinski definition) is 3. The Kier molecular flexibility index (Phi) is 9.65. The number of benzene rings is 2. The van der Waals surface area contributed by atoms with Gasteiger partial charge in [0, 0.05) is 44.0 Å². The maximum Gasteiger partial charge on any atom is 0.573 e. The molecule has 0 atom stereocenters. The van der Waals surface area contributed by atoms with Crippen molar-refractivity contribution in [3.8, 4) is 5.75 Å². The third kappa shape index (κ3) is 8.80. The molecule has 3 N–H and O–H groups in total. The molecule has 2 aromatic heterocycles. The van der Waals surface area contributed by atoms with E-state index in [1.165, 1.54) is 0 Å². The number of imidazole rings is 1. The van der Waals surface area contributed by atoms with Gasteiger partial charge in [0.15, 0.2) is 0 Å². The molecular formula is C29H34F3N7O3S. The molecule has 0 unspecified atom stereocenters. The number of fused-ring (bicyclic) bond motifs is 1. The van der Waals surface area contributed by atoms with Crippen molar-refractivity contribution in [3.05, 3.63) is 67.3 Å². The highest BCUT2D eigenvalue weighted by molar-refractivity contribution is 7.89. The Balaban J connectivity index is 1.08. The van der Waals surface area contributed by atoms with E-state index in [2.05, 4.69) is 25.1 Å². The van der Waals surface area contributed by atoms with Crippen LogP contribution < -0.4 is 20.1 Å². The van der Waals surface area contributed by atoms with Crippen molar-refractivity contribution in [2.75, 3.05) is 30.3 Å². The monoisotopic (exact) mass is 617 g/mol. The topological polar surface area (TPSA) is 123 Å². The van der Waals surface area contributed by atoms with Crippen molar-refractivity contribution in [2.24, 2.45) is 11.8 Å². The molecule has 2 heterocycles. The van der Waals surface area contributed by atoms with Crippen LogP contribution in [0.15, 0.2) is 72.1 Å². The van der Waals surface area contributed by atoms with E-state index in [1.807, 2.05) is 35.0 Å². The fourth-order valence-electron chi connectivity index (χ4n) is 5.18. The smallest absolute Gasteiger partial charge is 0.406 e. The maximum absolute atomic E-state index is 12.6. The molecule has 230 valence electrons. The Morgan fingerprint density at radius 1 is 0.930 bits per heavy atom. The summed E-state index contributed by atoms with van der Waals surface area (Å²) in [5.74, 6) is 1.46. The summed E-state index contributed by atoms with van der Waals surface area (Å²) in [6, 6.07) is 12.1. The van der Waals surface area contributed by atoms with Gasteiger partial charge in [-0.3, -0.25) is 0 Å². The van der Waals surface area contributed by atoms with Gasteiger partial charge in [0.05, 0.1) is 16.7 Å². The molecule has 1 saturated carbocycles. The average molecular weight is 618 g/mol. The maximum atomic E-state index is 12.6. The quantitative estimate of drug-likeness (QED) is 0.170. The Bertz CT molecular complexity index is 1580. The van der Waals surface area contributed by atoms with Gasteiger partial charge in [-0.15, -0.1) is 13.2 Å². The molecule has 14 heteroatoms. The van der Waals surface area contributed by atoms with E-state index in [9.17, 15) is 21.6 Å². The highest BCUT2D eigenvalue weighted by Crippen LogP contribution is 2.30. The summed E-state index contributed by atoms with van der Waals surface area (Å²) in [5, 5.41) is 7.82. The van der Waals surface area contributed by atoms with Crippen molar-refractivity contribution >= 4 is 32.7 Å². The van der Waals surface area contributed by atoms with Gasteiger partial charge in [-0.1, -0.05) is 12.1 Å². The van der Waals surface area contributed by atoms with E-state index >= 15 is 0 Å². The molecule has 43 heavy (non-hydrogen) atoms. The Morgan fingerprint density at radius 2 is 1.65 bits per heavy atom. The fraction of sp³-hybridized carbons (Fsp3) is 0.414. The number of halogens is 3. The molecule has 0 radical (unpaired) electrons. The summed E-state index contributed by atoms with van der Waals surface area (Å²) < 4.78 is 70.8. The normalized spacial score (nSPS) is 17.6. The Labute approximate surface area is 248 Å². The first-order valence-corrected chi connectivity index (χ1v) is 15.7. The van der Waals surface area contributed by atoms with E-state index in [1.54, 1.807) is 12.5 Å². The van der Waals surface area contributed by atoms with Crippen molar-refractivity contribution in [3.63, 3.8) is 0 Å². The second-order valence-corrected chi connectivity index (χ2v) is 12.4. The highest BCUT2D eigenvalue weighted by Gasteiger charge is 2.31. The molecule has 1 fully saturated rings. The van der Waals surface area contributed by atoms with Crippen LogP contribution >= 0.6 is 0 Å². The third-order valence-electron chi connectivity index (χ3n) is 7.49. The zero-order valence-corrected chi connectivity index (χ0v) is 24.2. The summed E-state index contributed by atoms with van der Waals surface area (Å²) in [6.07, 6.45) is 5.16. The van der Waals surface area contributed by atoms with Crippen molar-refractivity contribution in [2.45, 2.75) is 49.9 Å². The lowest BCUT2D eigenvalue weighted by atomic mass is 9.82. The highest BCUT2D eigenvalue weighted by atomic mass is 32.2. The predicted octanol–water partition coefficient (Wildman–Crippen LogP) is 5.42. The van der Waals surface area contributed by atoms with Gasteiger partial charge in [0.25, 0.3) is 0 Å². The standard InChI is InChI=1S/C29H34F3N7O3S/c30-29(31,32)42-23-10-12-24(13-11-23)43(40,41)36-19-22-8-6-21(7-9-22)18-35-28-37-26-5-2-1-4-25(26)27(38-28)34-14-3-16-39-17-15-33-20-39/h1-2,4-5,10-13,15,17,20-22,36H,3,6-9,14,16,18-19H2,(H2,34,35,37,38). The van der Waals surface area contributed by atoms with Gasteiger partial charge in [-0.05, 0) is 80.3 Å². The number of nitrogens with zero attached hydrogens (tertiary/aromatic N) is 4. The van der Waals surface area contributed by atoms with Crippen LogP contribution in [0.3, 0.4) is 0 Å². The third-order valence-corrected chi connectivity index (χ3v) is 8.93. The van der Waals surface area contributed by atoms with E-state index in [0.717, 1.165) is 86.2 Å². The van der Waals surface area contributed by atoms with E-state index in [-0.39, 0.29) is 17.4 Å². The second kappa shape index (κ2) is 13.6. The van der Waals surface area contributed by atoms with Gasteiger partial charge in [-0.2, -0.15) is 4.98 Å². The van der Waals surface area contributed by atoms with Gasteiger partial charge < -0.3 is 19.9 Å². The largest absolute Gasteiger partial charge is 0.573 e. The van der Waals surface area contributed by atoms with Crippen molar-refractivity contribution in [1.29, 1.82) is 0 Å². The number of aromatic nitrogens is 4. The van der Waals surface area contributed by atoms with Crippen LogP contribution in [0, 0.1) is 11.8 Å². The molecule has 4 aromatic rings. The fourth-order valence-corrected chi connectivity index (χ4v) is 6.30. The molecule has 2 aromatic carbocycles. The predicted molar refractivity (Wildman–Crippen MR) is 157 cm³/mol. The van der Waals surface area contributed by atoms with Crippen LogP contribution in [0.4, 0.5) is 24.9 Å². The number of rotatable bonds is 13. The number of anilines is 2. The molecule has 5 rings (SSSR count). The lowest BCUT2D eigenvalue weighted by molar-refractivity contribution is -0.274. The summed E-state index contributed by atoms with van der Waals surface area (Å²) in [4.78, 5) is 13.4. The number of para-hydroxylation sites is 1. The van der Waals surface area contributed by atoms with Crippen LogP contribution in [-0.2, 0) is 16.6 Å². The van der Waals surface area contributed by atoms with Crippen LogP contribution in [0.25, 0.3) is 10.9 Å². The lowest BCUT2D eigenvalue weighted by Crippen LogP contribution is -2.32. The number of aryl methyl sites for hydroxylation is 1. The van der Waals surface area contributed by atoms with Crippen LogP contribution in [0.2, 0.25) is 0 Å². The summed E-state index contributed by atoms with van der Waals surface area (Å²) >= 11 is 0. The SMILES string of the molecule is O=S(=O)(NCC1CCC(CNc2nc(NCCCn3ccnc3)c3ccccc3n2)CC1)c1ccc(OC(F)(F)F)cc1. The number of sulfonamides is 1. The molecular weight excluding hydrogens is 583 g/mol. The molecule has 0 bridgehead atoms. The molecule has 1 aliphatic rings. The zero-order valence-electron chi connectivity index (χ0n) is 23.4. The summed E-state index contributed by atoms with van der Waals surface area (Å²) in [6.45, 7) is 2.60. The minimum Gasteiger partial charge on any atom is -0.406 e. The van der Waals surface area contributed by atoms with Gasteiger partial charge >= 0.3 is 6.36 Å². The minimum atomic E-state index is -4.84. The van der Waals surface area contributed by atoms with Crippen LogP contribution in [-0.4, -0.2) is 53.9 Å². The summed E-state index contributed by atoms with van der Waals surface area (Å²) in [5.41, 5.74) is 0.857. The van der Waals surface area contributed by atoms with Crippen molar-refractivity contribution in [1.82, 2.24) is 24.2 Å². The first-order chi connectivity index (χ1) is 20.6. The minimum absolute atomic E-state index is 0.109. The number of alkyl halides is 3. The van der Waals surface area contributed by atoms with Gasteiger partial charge in [-0.25, -0.2) is 23.1 Å². The molecule has 0 amide bonds. The summed E-state index contributed by atoms with van der Waals surface area (Å²) in [7, 11) is -3.85. The van der Waals surface area contributed by atoms with E-state index in [0.29, 0.717) is 18.4 Å². The molecule has 0 aliphatic heterocycles. The Morgan fingerprint density at radius 3 is 2.35 bits per heavy atom. The number of ether oxygens (including phenoxy) is 1. The van der Waals surface area contributed by atoms with Gasteiger partial charge in [0.2, 0.25) is 16.0 Å². The van der Waals surface area contributed by atoms with Crippen LogP contribution in [0.5, 0.6) is 5.75 Å². The molecule has 0 spiro atoms. The zero-order chi connectivity index (χ0) is 30.3. The van der Waals surface area contributed by atoms with E-state index < -0.39 is 22.1 Å².